The number of halogens is 1. The maximum absolute atomic E-state index is 13.5. The van der Waals surface area contributed by atoms with Gasteiger partial charge in [-0.2, -0.15) is 0 Å². The Bertz CT molecular complexity index is 912. The number of ether oxygens (including phenoxy) is 1. The van der Waals surface area contributed by atoms with Crippen molar-refractivity contribution in [2.45, 2.75) is 6.61 Å². The summed E-state index contributed by atoms with van der Waals surface area (Å²) in [5.74, 6) is -1.65. The zero-order chi connectivity index (χ0) is 18.4. The predicted molar refractivity (Wildman–Crippen MR) is 88.3 cm³/mol. The van der Waals surface area contributed by atoms with Crippen molar-refractivity contribution in [1.82, 2.24) is 15.5 Å². The second kappa shape index (κ2) is 8.02. The number of benzene rings is 2. The van der Waals surface area contributed by atoms with Crippen molar-refractivity contribution in [3.8, 4) is 11.5 Å². The van der Waals surface area contributed by atoms with Crippen LogP contribution >= 0.6 is 0 Å². The van der Waals surface area contributed by atoms with Crippen LogP contribution in [0.1, 0.15) is 16.2 Å². The number of carbonyl (C=O) groups is 2. The van der Waals surface area contributed by atoms with Crippen molar-refractivity contribution in [2.24, 2.45) is 0 Å². The first-order valence-electron chi connectivity index (χ1n) is 7.69. The molecule has 1 aromatic heterocycles. The molecule has 0 radical (unpaired) electrons. The van der Waals surface area contributed by atoms with Crippen LogP contribution in [0.15, 0.2) is 59.0 Å². The van der Waals surface area contributed by atoms with Gasteiger partial charge in [-0.3, -0.25) is 9.59 Å². The number of hydrogen-bond donors (Lipinski definition) is 1. The van der Waals surface area contributed by atoms with Crippen LogP contribution in [0.4, 0.5) is 4.39 Å². The number of nitrogens with one attached hydrogen (secondary N) is 1. The lowest BCUT2D eigenvalue weighted by Gasteiger charge is -2.05. The monoisotopic (exact) mass is 355 g/mol. The van der Waals surface area contributed by atoms with E-state index in [0.717, 1.165) is 11.6 Å². The third-order valence-electron chi connectivity index (χ3n) is 3.36. The molecule has 1 amide bonds. The van der Waals surface area contributed by atoms with E-state index >= 15 is 0 Å². The van der Waals surface area contributed by atoms with Gasteiger partial charge in [0, 0.05) is 5.56 Å². The topological polar surface area (TPSA) is 94.3 Å². The standard InChI is InChI=1S/C18H14FN3O4/c19-14-9-5-4-8-13(14)17(24)20-10-16(23)25-11-15-21-22-18(26-15)12-6-2-1-3-7-12/h1-9H,10-11H2,(H,20,24). The molecule has 8 heteroatoms. The Kier molecular flexibility index (Phi) is 5.33. The van der Waals surface area contributed by atoms with Gasteiger partial charge < -0.3 is 14.5 Å². The van der Waals surface area contributed by atoms with E-state index in [4.69, 9.17) is 9.15 Å². The summed E-state index contributed by atoms with van der Waals surface area (Å²) in [5, 5.41) is 9.94. The van der Waals surface area contributed by atoms with Crippen LogP contribution in [0.3, 0.4) is 0 Å². The molecule has 0 aliphatic rings. The van der Waals surface area contributed by atoms with Crippen molar-refractivity contribution in [3.63, 3.8) is 0 Å². The molecular weight excluding hydrogens is 341 g/mol. The zero-order valence-electron chi connectivity index (χ0n) is 13.5. The fourth-order valence-corrected chi connectivity index (χ4v) is 2.10. The Morgan fingerprint density at radius 1 is 1.04 bits per heavy atom. The highest BCUT2D eigenvalue weighted by atomic mass is 19.1. The summed E-state index contributed by atoms with van der Waals surface area (Å²) >= 11 is 0. The molecule has 0 unspecified atom stereocenters. The molecule has 0 spiro atoms. The fourth-order valence-electron chi connectivity index (χ4n) is 2.10. The van der Waals surface area contributed by atoms with E-state index in [2.05, 4.69) is 15.5 Å². The van der Waals surface area contributed by atoms with Crippen molar-refractivity contribution >= 4 is 11.9 Å². The average Bonchev–Trinajstić information content (AvgIpc) is 3.14. The Morgan fingerprint density at radius 2 is 1.77 bits per heavy atom. The SMILES string of the molecule is O=C(CNC(=O)c1ccccc1F)OCc1nnc(-c2ccccc2)o1. The number of aromatic nitrogens is 2. The first-order chi connectivity index (χ1) is 12.6. The largest absolute Gasteiger partial charge is 0.454 e. The first kappa shape index (κ1) is 17.3. The van der Waals surface area contributed by atoms with E-state index < -0.39 is 24.2 Å². The van der Waals surface area contributed by atoms with Gasteiger partial charge in [0.2, 0.25) is 5.89 Å². The van der Waals surface area contributed by atoms with Gasteiger partial charge in [0.25, 0.3) is 11.8 Å². The molecule has 7 nitrogen and oxygen atoms in total. The number of amides is 1. The Hall–Kier alpha value is -3.55. The highest BCUT2D eigenvalue weighted by Gasteiger charge is 2.14. The van der Waals surface area contributed by atoms with Crippen LogP contribution in [0.5, 0.6) is 0 Å². The van der Waals surface area contributed by atoms with Crippen LogP contribution in [0, 0.1) is 5.82 Å². The van der Waals surface area contributed by atoms with Crippen molar-refractivity contribution < 1.29 is 23.1 Å². The van der Waals surface area contributed by atoms with Crippen molar-refractivity contribution in [1.29, 1.82) is 0 Å². The zero-order valence-corrected chi connectivity index (χ0v) is 13.5. The first-order valence-corrected chi connectivity index (χ1v) is 7.69. The van der Waals surface area contributed by atoms with E-state index in [-0.39, 0.29) is 18.1 Å². The molecule has 0 saturated heterocycles. The summed E-state index contributed by atoms with van der Waals surface area (Å²) in [5.41, 5.74) is 0.597. The predicted octanol–water partition coefficient (Wildman–Crippen LogP) is 2.35. The molecule has 2 aromatic carbocycles. The lowest BCUT2D eigenvalue weighted by molar-refractivity contribution is -0.144. The van der Waals surface area contributed by atoms with E-state index in [1.807, 2.05) is 30.3 Å². The quantitative estimate of drug-likeness (QED) is 0.682. The smallest absolute Gasteiger partial charge is 0.325 e. The minimum absolute atomic E-state index is 0.123. The van der Waals surface area contributed by atoms with Gasteiger partial charge in [0.15, 0.2) is 6.61 Å². The summed E-state index contributed by atoms with van der Waals surface area (Å²) in [4.78, 5) is 23.5. The van der Waals surface area contributed by atoms with Gasteiger partial charge >= 0.3 is 5.97 Å². The number of hydrogen-bond acceptors (Lipinski definition) is 6. The molecule has 3 rings (SSSR count). The summed E-state index contributed by atoms with van der Waals surface area (Å²) in [7, 11) is 0. The summed E-state index contributed by atoms with van der Waals surface area (Å²) < 4.78 is 23.8. The molecule has 0 atom stereocenters. The van der Waals surface area contributed by atoms with Crippen LogP contribution in [-0.2, 0) is 16.1 Å². The van der Waals surface area contributed by atoms with Gasteiger partial charge in [-0.25, -0.2) is 4.39 Å². The minimum atomic E-state index is -0.714. The van der Waals surface area contributed by atoms with Gasteiger partial charge in [-0.05, 0) is 24.3 Å². The second-order valence-electron chi connectivity index (χ2n) is 5.19. The number of rotatable bonds is 6. The van der Waals surface area contributed by atoms with Gasteiger partial charge in [-0.1, -0.05) is 30.3 Å². The molecule has 1 heterocycles. The highest BCUT2D eigenvalue weighted by Crippen LogP contribution is 2.17. The number of nitrogens with zero attached hydrogens (tertiary/aromatic N) is 2. The Balaban J connectivity index is 1.48. The van der Waals surface area contributed by atoms with E-state index in [9.17, 15) is 14.0 Å². The highest BCUT2D eigenvalue weighted by molar-refractivity contribution is 5.96. The Labute approximate surface area is 147 Å². The normalized spacial score (nSPS) is 10.3. The van der Waals surface area contributed by atoms with Gasteiger partial charge in [0.1, 0.15) is 12.4 Å². The molecular formula is C18H14FN3O4. The second-order valence-corrected chi connectivity index (χ2v) is 5.19. The van der Waals surface area contributed by atoms with Gasteiger partial charge in [0.05, 0.1) is 5.56 Å². The van der Waals surface area contributed by atoms with Gasteiger partial charge in [-0.15, -0.1) is 10.2 Å². The van der Waals surface area contributed by atoms with E-state index in [1.54, 1.807) is 0 Å². The third kappa shape index (κ3) is 4.29. The molecule has 0 fully saturated rings. The van der Waals surface area contributed by atoms with E-state index in [1.165, 1.54) is 18.2 Å². The average molecular weight is 355 g/mol. The third-order valence-corrected chi connectivity index (χ3v) is 3.36. The van der Waals surface area contributed by atoms with Crippen molar-refractivity contribution in [2.75, 3.05) is 6.54 Å². The molecule has 0 aliphatic carbocycles. The maximum Gasteiger partial charge on any atom is 0.325 e. The number of carbonyl (C=O) groups excluding carboxylic acids is 2. The summed E-state index contributed by atoms with van der Waals surface area (Å²) in [6, 6.07) is 14.6. The molecule has 3 aromatic rings. The van der Waals surface area contributed by atoms with Crippen LogP contribution < -0.4 is 5.32 Å². The molecule has 0 bridgehead atoms. The Morgan fingerprint density at radius 3 is 2.54 bits per heavy atom. The molecule has 132 valence electrons. The number of esters is 1. The fraction of sp³-hybridized carbons (Fsp3) is 0.111. The minimum Gasteiger partial charge on any atom is -0.454 e. The van der Waals surface area contributed by atoms with Crippen LogP contribution in [0.25, 0.3) is 11.5 Å². The van der Waals surface area contributed by atoms with E-state index in [0.29, 0.717) is 5.89 Å². The molecule has 26 heavy (non-hydrogen) atoms. The maximum atomic E-state index is 13.5. The van der Waals surface area contributed by atoms with Crippen LogP contribution in [0.2, 0.25) is 0 Å². The molecule has 0 aliphatic heterocycles. The lowest BCUT2D eigenvalue weighted by Crippen LogP contribution is -2.31. The lowest BCUT2D eigenvalue weighted by atomic mass is 10.2. The van der Waals surface area contributed by atoms with Crippen molar-refractivity contribution in [3.05, 3.63) is 71.9 Å². The van der Waals surface area contributed by atoms with Crippen LogP contribution in [-0.4, -0.2) is 28.6 Å². The summed E-state index contributed by atoms with van der Waals surface area (Å²) in [6.45, 7) is -0.638. The summed E-state index contributed by atoms with van der Waals surface area (Å²) in [6.07, 6.45) is 0. The molecule has 0 saturated carbocycles. The molecule has 1 N–H and O–H groups in total.